The molecule has 4 rings (SSSR count). The van der Waals surface area contributed by atoms with Crippen LogP contribution in [0.1, 0.15) is 35.5 Å². The Labute approximate surface area is 202 Å². The largest absolute Gasteiger partial charge is 0.356 e. The molecule has 0 spiro atoms. The second-order valence-electron chi connectivity index (χ2n) is 8.24. The van der Waals surface area contributed by atoms with E-state index in [1.807, 2.05) is 7.05 Å². The number of aromatic nitrogens is 1. The quantitative estimate of drug-likeness (QED) is 0.352. The van der Waals surface area contributed by atoms with Crippen molar-refractivity contribution in [1.29, 1.82) is 0 Å². The van der Waals surface area contributed by atoms with E-state index in [4.69, 9.17) is 0 Å². The molecule has 2 unspecified atom stereocenters. The van der Waals surface area contributed by atoms with Crippen LogP contribution < -0.4 is 5.32 Å². The van der Waals surface area contributed by atoms with Crippen LogP contribution in [0.2, 0.25) is 0 Å². The SMILES string of the molecule is CN=C(NCCc1csc(C)n1)N1CCC2C(CCCN2Cc2ccccc2)C1.I. The van der Waals surface area contributed by atoms with Gasteiger partial charge in [0.05, 0.1) is 10.7 Å². The molecule has 2 fully saturated rings. The van der Waals surface area contributed by atoms with Crippen LogP contribution in [0.4, 0.5) is 0 Å². The topological polar surface area (TPSA) is 43.8 Å². The summed E-state index contributed by atoms with van der Waals surface area (Å²) in [4.78, 5) is 14.3. The lowest BCUT2D eigenvalue weighted by atomic mass is 9.83. The van der Waals surface area contributed by atoms with E-state index in [9.17, 15) is 0 Å². The number of hydrogen-bond acceptors (Lipinski definition) is 4. The van der Waals surface area contributed by atoms with Crippen LogP contribution in [0.3, 0.4) is 0 Å². The van der Waals surface area contributed by atoms with Crippen molar-refractivity contribution in [1.82, 2.24) is 20.1 Å². The van der Waals surface area contributed by atoms with E-state index in [0.717, 1.165) is 49.5 Å². The first kappa shape index (κ1) is 23.5. The third-order valence-corrected chi connectivity index (χ3v) is 7.08. The number of nitrogens with zero attached hydrogens (tertiary/aromatic N) is 4. The van der Waals surface area contributed by atoms with Gasteiger partial charge >= 0.3 is 0 Å². The van der Waals surface area contributed by atoms with Crippen molar-refractivity contribution >= 4 is 41.3 Å². The summed E-state index contributed by atoms with van der Waals surface area (Å²) in [6.45, 7) is 7.47. The number of benzene rings is 1. The van der Waals surface area contributed by atoms with Crippen LogP contribution in [0.5, 0.6) is 0 Å². The number of aliphatic imine (C=N–C) groups is 1. The van der Waals surface area contributed by atoms with E-state index in [1.54, 1.807) is 11.3 Å². The summed E-state index contributed by atoms with van der Waals surface area (Å²) in [7, 11) is 1.91. The van der Waals surface area contributed by atoms with Gasteiger partial charge in [-0.15, -0.1) is 35.3 Å². The highest BCUT2D eigenvalue weighted by atomic mass is 127. The Balaban J connectivity index is 0.00000256. The van der Waals surface area contributed by atoms with Gasteiger partial charge in [-0.3, -0.25) is 9.89 Å². The van der Waals surface area contributed by atoms with Gasteiger partial charge in [0.15, 0.2) is 5.96 Å². The average Bonchev–Trinajstić information content (AvgIpc) is 3.17. The number of hydrogen-bond donors (Lipinski definition) is 1. The second-order valence-corrected chi connectivity index (χ2v) is 9.30. The van der Waals surface area contributed by atoms with E-state index >= 15 is 0 Å². The maximum atomic E-state index is 4.57. The zero-order valence-electron chi connectivity index (χ0n) is 18.1. The van der Waals surface area contributed by atoms with E-state index in [0.29, 0.717) is 6.04 Å². The summed E-state index contributed by atoms with van der Waals surface area (Å²) in [5.41, 5.74) is 2.61. The fraction of sp³-hybridized carbons (Fsp3) is 0.565. The molecule has 0 bridgehead atoms. The Morgan fingerprint density at radius 2 is 2.07 bits per heavy atom. The highest BCUT2D eigenvalue weighted by Crippen LogP contribution is 2.31. The van der Waals surface area contributed by atoms with E-state index in [-0.39, 0.29) is 24.0 Å². The van der Waals surface area contributed by atoms with Gasteiger partial charge in [0, 0.05) is 51.1 Å². The maximum Gasteiger partial charge on any atom is 0.193 e. The fourth-order valence-corrected chi connectivity index (χ4v) is 5.52. The number of halogens is 1. The molecule has 3 heterocycles. The molecule has 5 nitrogen and oxygen atoms in total. The monoisotopic (exact) mass is 539 g/mol. The molecule has 2 aromatic rings. The molecule has 1 aromatic heterocycles. The molecule has 2 atom stereocenters. The minimum absolute atomic E-state index is 0. The molecule has 0 saturated carbocycles. The Morgan fingerprint density at radius 3 is 2.80 bits per heavy atom. The molecule has 0 radical (unpaired) electrons. The molecular weight excluding hydrogens is 505 g/mol. The maximum absolute atomic E-state index is 4.57. The smallest absolute Gasteiger partial charge is 0.193 e. The van der Waals surface area contributed by atoms with Crippen molar-refractivity contribution in [3.63, 3.8) is 0 Å². The molecule has 0 amide bonds. The molecule has 1 N–H and O–H groups in total. The second kappa shape index (κ2) is 11.4. The first-order valence-corrected chi connectivity index (χ1v) is 11.8. The van der Waals surface area contributed by atoms with Crippen molar-refractivity contribution in [2.45, 2.75) is 45.2 Å². The number of fused-ring (bicyclic) bond motifs is 1. The number of thiazole rings is 1. The van der Waals surface area contributed by atoms with Gasteiger partial charge < -0.3 is 10.2 Å². The van der Waals surface area contributed by atoms with Gasteiger partial charge in [-0.2, -0.15) is 0 Å². The van der Waals surface area contributed by atoms with Crippen LogP contribution in [-0.2, 0) is 13.0 Å². The summed E-state index contributed by atoms with van der Waals surface area (Å²) < 4.78 is 0. The average molecular weight is 540 g/mol. The van der Waals surface area contributed by atoms with Crippen molar-refractivity contribution in [2.75, 3.05) is 33.2 Å². The lowest BCUT2D eigenvalue weighted by molar-refractivity contribution is 0.0373. The van der Waals surface area contributed by atoms with Gasteiger partial charge in [-0.25, -0.2) is 4.98 Å². The van der Waals surface area contributed by atoms with Crippen molar-refractivity contribution < 1.29 is 0 Å². The molecule has 0 aliphatic carbocycles. The molecule has 2 aliphatic rings. The van der Waals surface area contributed by atoms with Gasteiger partial charge in [0.2, 0.25) is 0 Å². The van der Waals surface area contributed by atoms with Crippen molar-refractivity contribution in [3.8, 4) is 0 Å². The van der Waals surface area contributed by atoms with E-state index in [1.165, 1.54) is 37.1 Å². The highest BCUT2D eigenvalue weighted by molar-refractivity contribution is 14.0. The van der Waals surface area contributed by atoms with Gasteiger partial charge in [0.25, 0.3) is 0 Å². The van der Waals surface area contributed by atoms with Gasteiger partial charge in [-0.1, -0.05) is 30.3 Å². The van der Waals surface area contributed by atoms with Gasteiger partial charge in [-0.05, 0) is 44.2 Å². The van der Waals surface area contributed by atoms with E-state index in [2.05, 4.69) is 67.7 Å². The molecule has 164 valence electrons. The molecule has 30 heavy (non-hydrogen) atoms. The van der Waals surface area contributed by atoms with Gasteiger partial charge in [0.1, 0.15) is 0 Å². The van der Waals surface area contributed by atoms with Crippen LogP contribution in [0.15, 0.2) is 40.7 Å². The third-order valence-electron chi connectivity index (χ3n) is 6.25. The highest BCUT2D eigenvalue weighted by Gasteiger charge is 2.36. The van der Waals surface area contributed by atoms with Crippen molar-refractivity contribution in [3.05, 3.63) is 52.0 Å². The molecule has 2 aliphatic heterocycles. The summed E-state index contributed by atoms with van der Waals surface area (Å²) in [5.74, 6) is 1.79. The number of piperidine rings is 2. The Bertz CT molecular complexity index is 809. The summed E-state index contributed by atoms with van der Waals surface area (Å²) >= 11 is 1.73. The lowest BCUT2D eigenvalue weighted by Gasteiger charge is -2.48. The Morgan fingerprint density at radius 1 is 1.23 bits per heavy atom. The number of aryl methyl sites for hydroxylation is 1. The summed E-state index contributed by atoms with van der Waals surface area (Å²) in [6, 6.07) is 11.6. The van der Waals surface area contributed by atoms with Crippen LogP contribution in [0, 0.1) is 12.8 Å². The number of nitrogens with one attached hydrogen (secondary N) is 1. The van der Waals surface area contributed by atoms with Crippen LogP contribution >= 0.6 is 35.3 Å². The summed E-state index contributed by atoms with van der Waals surface area (Å²) in [5, 5.41) is 6.87. The normalized spacial score (nSPS) is 22.3. The fourth-order valence-electron chi connectivity index (χ4n) is 4.87. The number of likely N-dealkylation sites (tertiary alicyclic amines) is 2. The Hall–Kier alpha value is -1.19. The predicted molar refractivity (Wildman–Crippen MR) is 137 cm³/mol. The van der Waals surface area contributed by atoms with Crippen molar-refractivity contribution in [2.24, 2.45) is 10.9 Å². The molecule has 2 saturated heterocycles. The van der Waals surface area contributed by atoms with Crippen LogP contribution in [-0.4, -0.2) is 60.0 Å². The standard InChI is InChI=1S/C23H33N5S.HI/c1-18-26-21(17-29-18)10-12-25-23(24-2)28-14-11-22-20(16-28)9-6-13-27(22)15-19-7-4-3-5-8-19;/h3-5,7-8,17,20,22H,6,9-16H2,1-2H3,(H,24,25);1H. The summed E-state index contributed by atoms with van der Waals surface area (Å²) in [6.07, 6.45) is 4.82. The number of guanidine groups is 1. The lowest BCUT2D eigenvalue weighted by Crippen LogP contribution is -2.56. The molecule has 1 aromatic carbocycles. The minimum atomic E-state index is 0. The van der Waals surface area contributed by atoms with Crippen LogP contribution in [0.25, 0.3) is 0 Å². The van der Waals surface area contributed by atoms with E-state index < -0.39 is 0 Å². The molecule has 7 heteroatoms. The first-order chi connectivity index (χ1) is 14.2. The minimum Gasteiger partial charge on any atom is -0.356 e. The molecular formula is C23H34IN5S. The zero-order valence-corrected chi connectivity index (χ0v) is 21.2. The predicted octanol–water partition coefficient (Wildman–Crippen LogP) is 4.17. The Kier molecular flexibility index (Phi) is 8.95. The number of rotatable bonds is 5. The zero-order chi connectivity index (χ0) is 20.1. The first-order valence-electron chi connectivity index (χ1n) is 10.9. The third kappa shape index (κ3) is 5.95.